The van der Waals surface area contributed by atoms with Gasteiger partial charge in [0.05, 0.1) is 16.6 Å². The third-order valence-corrected chi connectivity index (χ3v) is 3.07. The molecule has 0 N–H and O–H groups in total. The number of allylic oxidation sites excluding steroid dienone is 1. The number of nitro benzene ring substituents is 1. The van der Waals surface area contributed by atoms with Crippen molar-refractivity contribution in [1.82, 2.24) is 0 Å². The lowest BCUT2D eigenvalue weighted by atomic mass is 10.0. The Balaban J connectivity index is 2.22. The molecular formula is C18H14N2O3. The first-order chi connectivity index (χ1) is 11.1. The fraction of sp³-hybridized carbons (Fsp3) is 0.0556. The standard InChI is InChI=1S/C18H14N2O3/c1-2-11-23-18-9-3-14(4-10-18)12-16(13-19)15-5-7-17(8-6-15)20(21)22/h2-10,12H,1,11H2/b16-12+. The van der Waals surface area contributed by atoms with Crippen LogP contribution in [0.1, 0.15) is 11.1 Å². The molecule has 0 heterocycles. The molecule has 5 heteroatoms. The van der Waals surface area contributed by atoms with E-state index >= 15 is 0 Å². The Morgan fingerprint density at radius 1 is 1.22 bits per heavy atom. The number of nitro groups is 1. The van der Waals surface area contributed by atoms with Gasteiger partial charge >= 0.3 is 0 Å². The molecule has 2 aromatic rings. The maximum Gasteiger partial charge on any atom is 0.269 e. The van der Waals surface area contributed by atoms with E-state index in [1.807, 2.05) is 12.1 Å². The lowest BCUT2D eigenvalue weighted by molar-refractivity contribution is -0.384. The summed E-state index contributed by atoms with van der Waals surface area (Å²) >= 11 is 0. The largest absolute Gasteiger partial charge is 0.490 e. The highest BCUT2D eigenvalue weighted by atomic mass is 16.6. The minimum Gasteiger partial charge on any atom is -0.490 e. The van der Waals surface area contributed by atoms with Gasteiger partial charge in [-0.3, -0.25) is 10.1 Å². The third-order valence-electron chi connectivity index (χ3n) is 3.07. The number of non-ortho nitro benzene ring substituents is 1. The Morgan fingerprint density at radius 3 is 2.39 bits per heavy atom. The molecule has 0 amide bonds. The summed E-state index contributed by atoms with van der Waals surface area (Å²) in [5.41, 5.74) is 1.89. The highest BCUT2D eigenvalue weighted by Crippen LogP contribution is 2.22. The predicted molar refractivity (Wildman–Crippen MR) is 88.7 cm³/mol. The molecule has 0 spiro atoms. The number of hydrogen-bond acceptors (Lipinski definition) is 4. The molecule has 0 atom stereocenters. The molecule has 0 fully saturated rings. The summed E-state index contributed by atoms with van der Waals surface area (Å²) in [4.78, 5) is 10.2. The van der Waals surface area contributed by atoms with Gasteiger partial charge < -0.3 is 4.74 Å². The van der Waals surface area contributed by atoms with Crippen LogP contribution in [-0.2, 0) is 0 Å². The summed E-state index contributed by atoms with van der Waals surface area (Å²) in [6.07, 6.45) is 3.38. The van der Waals surface area contributed by atoms with Gasteiger partial charge in [0.25, 0.3) is 5.69 Å². The summed E-state index contributed by atoms with van der Waals surface area (Å²) in [7, 11) is 0. The summed E-state index contributed by atoms with van der Waals surface area (Å²) in [6.45, 7) is 4.01. The van der Waals surface area contributed by atoms with Crippen LogP contribution < -0.4 is 4.74 Å². The second-order valence-electron chi connectivity index (χ2n) is 4.64. The lowest BCUT2D eigenvalue weighted by Crippen LogP contribution is -1.92. The first-order valence-corrected chi connectivity index (χ1v) is 6.84. The number of rotatable bonds is 6. The molecule has 0 aromatic heterocycles. The van der Waals surface area contributed by atoms with Crippen molar-refractivity contribution in [3.8, 4) is 11.8 Å². The third kappa shape index (κ3) is 4.29. The van der Waals surface area contributed by atoms with Crippen LogP contribution in [0.25, 0.3) is 11.6 Å². The zero-order chi connectivity index (χ0) is 16.7. The molecule has 0 aliphatic rings. The first kappa shape index (κ1) is 16.0. The second-order valence-corrected chi connectivity index (χ2v) is 4.64. The molecule has 0 saturated carbocycles. The van der Waals surface area contributed by atoms with Crippen LogP contribution in [0.4, 0.5) is 5.69 Å². The van der Waals surface area contributed by atoms with Crippen LogP contribution in [0.2, 0.25) is 0 Å². The van der Waals surface area contributed by atoms with Crippen LogP contribution in [0.5, 0.6) is 5.75 Å². The molecule has 0 unspecified atom stereocenters. The number of ether oxygens (including phenoxy) is 1. The number of nitriles is 1. The van der Waals surface area contributed by atoms with Crippen molar-refractivity contribution >= 4 is 17.3 Å². The van der Waals surface area contributed by atoms with Crippen molar-refractivity contribution in [2.75, 3.05) is 6.61 Å². The van der Waals surface area contributed by atoms with E-state index in [-0.39, 0.29) is 5.69 Å². The van der Waals surface area contributed by atoms with Gasteiger partial charge in [-0.05, 0) is 41.5 Å². The van der Waals surface area contributed by atoms with Crippen LogP contribution in [0.3, 0.4) is 0 Å². The van der Waals surface area contributed by atoms with Gasteiger partial charge in [-0.25, -0.2) is 0 Å². The average Bonchev–Trinajstić information content (AvgIpc) is 2.59. The number of benzene rings is 2. The SMILES string of the molecule is C=CCOc1ccc(/C=C(\C#N)c2ccc([N+](=O)[O-])cc2)cc1. The van der Waals surface area contributed by atoms with E-state index in [4.69, 9.17) is 4.74 Å². The zero-order valence-corrected chi connectivity index (χ0v) is 12.3. The lowest BCUT2D eigenvalue weighted by Gasteiger charge is -2.04. The molecule has 2 rings (SSSR count). The fourth-order valence-electron chi connectivity index (χ4n) is 1.92. The van der Waals surface area contributed by atoms with Gasteiger partial charge in [0.1, 0.15) is 12.4 Å². The molecule has 0 radical (unpaired) electrons. The van der Waals surface area contributed by atoms with Crippen LogP contribution in [0, 0.1) is 21.4 Å². The Hall–Kier alpha value is -3.39. The van der Waals surface area contributed by atoms with Crippen molar-refractivity contribution in [3.05, 3.63) is 82.4 Å². The Morgan fingerprint density at radius 2 is 1.87 bits per heavy atom. The van der Waals surface area contributed by atoms with E-state index in [0.717, 1.165) is 11.3 Å². The van der Waals surface area contributed by atoms with Gasteiger partial charge in [-0.15, -0.1) is 0 Å². The van der Waals surface area contributed by atoms with E-state index in [0.29, 0.717) is 17.7 Å². The highest BCUT2D eigenvalue weighted by Gasteiger charge is 2.07. The van der Waals surface area contributed by atoms with E-state index in [1.165, 1.54) is 12.1 Å². The van der Waals surface area contributed by atoms with Crippen LogP contribution >= 0.6 is 0 Å². The topological polar surface area (TPSA) is 76.2 Å². The Labute approximate surface area is 133 Å². The van der Waals surface area contributed by atoms with E-state index < -0.39 is 4.92 Å². The molecule has 5 nitrogen and oxygen atoms in total. The summed E-state index contributed by atoms with van der Waals surface area (Å²) in [6, 6.07) is 15.3. The predicted octanol–water partition coefficient (Wildman–Crippen LogP) is 4.22. The van der Waals surface area contributed by atoms with Gasteiger partial charge in [-0.2, -0.15) is 5.26 Å². The summed E-state index contributed by atoms with van der Waals surface area (Å²) < 4.78 is 5.39. The molecule has 0 aliphatic heterocycles. The van der Waals surface area contributed by atoms with Crippen molar-refractivity contribution < 1.29 is 9.66 Å². The van der Waals surface area contributed by atoms with Gasteiger partial charge in [0, 0.05) is 12.1 Å². The Bertz CT molecular complexity index is 769. The zero-order valence-electron chi connectivity index (χ0n) is 12.3. The second kappa shape index (κ2) is 7.57. The molecule has 0 saturated heterocycles. The minimum atomic E-state index is -0.471. The van der Waals surface area contributed by atoms with Gasteiger partial charge in [-0.1, -0.05) is 24.8 Å². The normalized spacial score (nSPS) is 10.7. The molecule has 0 aliphatic carbocycles. The van der Waals surface area contributed by atoms with Gasteiger partial charge in [0.15, 0.2) is 0 Å². The Kier molecular flexibility index (Phi) is 5.26. The molecule has 114 valence electrons. The number of hydrogen-bond donors (Lipinski definition) is 0. The monoisotopic (exact) mass is 306 g/mol. The van der Waals surface area contributed by atoms with Crippen molar-refractivity contribution in [2.45, 2.75) is 0 Å². The average molecular weight is 306 g/mol. The van der Waals surface area contributed by atoms with Crippen molar-refractivity contribution in [3.63, 3.8) is 0 Å². The molecule has 2 aromatic carbocycles. The number of nitrogens with zero attached hydrogens (tertiary/aromatic N) is 2. The molecule has 23 heavy (non-hydrogen) atoms. The maximum absolute atomic E-state index is 10.7. The van der Waals surface area contributed by atoms with Crippen molar-refractivity contribution in [1.29, 1.82) is 5.26 Å². The highest BCUT2D eigenvalue weighted by molar-refractivity contribution is 5.89. The van der Waals surface area contributed by atoms with Crippen LogP contribution in [0.15, 0.2) is 61.2 Å². The van der Waals surface area contributed by atoms with E-state index in [2.05, 4.69) is 12.6 Å². The van der Waals surface area contributed by atoms with E-state index in [9.17, 15) is 15.4 Å². The minimum absolute atomic E-state index is 0.00485. The summed E-state index contributed by atoms with van der Waals surface area (Å²) in [5.74, 6) is 0.718. The van der Waals surface area contributed by atoms with Gasteiger partial charge in [0.2, 0.25) is 0 Å². The summed E-state index contributed by atoms with van der Waals surface area (Å²) in [5, 5.41) is 20.0. The molecular weight excluding hydrogens is 292 g/mol. The van der Waals surface area contributed by atoms with E-state index in [1.54, 1.807) is 36.4 Å². The first-order valence-electron chi connectivity index (χ1n) is 6.84. The van der Waals surface area contributed by atoms with Crippen molar-refractivity contribution in [2.24, 2.45) is 0 Å². The molecule has 0 bridgehead atoms. The maximum atomic E-state index is 10.7. The smallest absolute Gasteiger partial charge is 0.269 e. The van der Waals surface area contributed by atoms with Crippen LogP contribution in [-0.4, -0.2) is 11.5 Å². The quantitative estimate of drug-likeness (QED) is 0.263. The fourth-order valence-corrected chi connectivity index (χ4v) is 1.92.